The second-order valence-corrected chi connectivity index (χ2v) is 7.35. The molecule has 0 aromatic carbocycles. The van der Waals surface area contributed by atoms with Crippen molar-refractivity contribution in [1.82, 2.24) is 14.3 Å². The van der Waals surface area contributed by atoms with Crippen LogP contribution in [0.4, 0.5) is 5.95 Å². The van der Waals surface area contributed by atoms with Crippen molar-refractivity contribution in [2.45, 2.75) is 13.8 Å². The first-order valence-corrected chi connectivity index (χ1v) is 8.09. The lowest BCUT2D eigenvalue weighted by Crippen LogP contribution is -2.52. The van der Waals surface area contributed by atoms with Crippen LogP contribution in [0.25, 0.3) is 0 Å². The van der Waals surface area contributed by atoms with Crippen molar-refractivity contribution in [3.8, 4) is 0 Å². The van der Waals surface area contributed by atoms with Gasteiger partial charge in [0.2, 0.25) is 16.0 Å². The zero-order chi connectivity index (χ0) is 14.2. The summed E-state index contributed by atoms with van der Waals surface area (Å²) >= 11 is 0. The van der Waals surface area contributed by atoms with Gasteiger partial charge in [0.15, 0.2) is 0 Å². The van der Waals surface area contributed by atoms with E-state index in [2.05, 4.69) is 14.9 Å². The Labute approximate surface area is 114 Å². The average Bonchev–Trinajstić information content (AvgIpc) is 2.19. The van der Waals surface area contributed by atoms with Gasteiger partial charge in [-0.3, -0.25) is 0 Å². The Morgan fingerprint density at radius 2 is 1.84 bits per heavy atom. The van der Waals surface area contributed by atoms with Gasteiger partial charge >= 0.3 is 0 Å². The van der Waals surface area contributed by atoms with Crippen molar-refractivity contribution >= 4 is 16.0 Å². The first-order valence-electron chi connectivity index (χ1n) is 6.24. The fraction of sp³-hybridized carbons (Fsp3) is 0.667. The SMILES string of the molecule is Cc1cc(C)nc(N2CC(CN(C)S(C)(=O)=O)C2)n1. The lowest BCUT2D eigenvalue weighted by atomic mass is 10.0. The van der Waals surface area contributed by atoms with E-state index in [1.54, 1.807) is 7.05 Å². The minimum absolute atomic E-state index is 0.351. The van der Waals surface area contributed by atoms with Gasteiger partial charge in [-0.15, -0.1) is 0 Å². The lowest BCUT2D eigenvalue weighted by Gasteiger charge is -2.40. The number of hydrogen-bond donors (Lipinski definition) is 0. The zero-order valence-electron chi connectivity index (χ0n) is 11.8. The second kappa shape index (κ2) is 5.05. The Hall–Kier alpha value is -1.21. The fourth-order valence-electron chi connectivity index (χ4n) is 2.20. The van der Waals surface area contributed by atoms with Gasteiger partial charge < -0.3 is 4.90 Å². The summed E-state index contributed by atoms with van der Waals surface area (Å²) in [7, 11) is -1.47. The van der Waals surface area contributed by atoms with Crippen LogP contribution in [0.15, 0.2) is 6.07 Å². The van der Waals surface area contributed by atoms with Gasteiger partial charge in [-0.1, -0.05) is 0 Å². The Morgan fingerprint density at radius 1 is 1.32 bits per heavy atom. The van der Waals surface area contributed by atoms with E-state index in [4.69, 9.17) is 0 Å². The van der Waals surface area contributed by atoms with Crippen LogP contribution in [0.1, 0.15) is 11.4 Å². The number of rotatable bonds is 4. The third-order valence-electron chi connectivity index (χ3n) is 3.29. The van der Waals surface area contributed by atoms with Gasteiger partial charge in [0.25, 0.3) is 0 Å². The van der Waals surface area contributed by atoms with Gasteiger partial charge in [0.1, 0.15) is 0 Å². The molecule has 0 amide bonds. The van der Waals surface area contributed by atoms with E-state index in [1.165, 1.54) is 10.6 Å². The molecule has 0 atom stereocenters. The summed E-state index contributed by atoms with van der Waals surface area (Å²) in [6, 6.07) is 1.94. The molecule has 1 aliphatic rings. The average molecular weight is 284 g/mol. The predicted octanol–water partition coefficient (Wildman–Crippen LogP) is 0.421. The number of sulfonamides is 1. The van der Waals surface area contributed by atoms with E-state index in [-0.39, 0.29) is 0 Å². The van der Waals surface area contributed by atoms with Crippen molar-refractivity contribution in [2.75, 3.05) is 37.8 Å². The lowest BCUT2D eigenvalue weighted by molar-refractivity contribution is 0.325. The van der Waals surface area contributed by atoms with Gasteiger partial charge in [-0.2, -0.15) is 0 Å². The number of aromatic nitrogens is 2. The molecule has 106 valence electrons. The molecule has 1 aromatic heterocycles. The Kier molecular flexibility index (Phi) is 3.78. The summed E-state index contributed by atoms with van der Waals surface area (Å²) in [4.78, 5) is 10.9. The van der Waals surface area contributed by atoms with Crippen LogP contribution in [-0.4, -0.2) is 55.6 Å². The molecule has 19 heavy (non-hydrogen) atoms. The third kappa shape index (κ3) is 3.42. The molecule has 0 radical (unpaired) electrons. The largest absolute Gasteiger partial charge is 0.340 e. The standard InChI is InChI=1S/C12H20N4O2S/c1-9-5-10(2)14-12(13-9)16-7-11(8-16)6-15(3)19(4,17)18/h5,11H,6-8H2,1-4H3. The van der Waals surface area contributed by atoms with Gasteiger partial charge in [0.05, 0.1) is 6.26 Å². The van der Waals surface area contributed by atoms with Crippen LogP contribution < -0.4 is 4.90 Å². The summed E-state index contributed by atoms with van der Waals surface area (Å²) in [5, 5.41) is 0. The number of aryl methyl sites for hydroxylation is 2. The molecule has 6 nitrogen and oxygen atoms in total. The number of nitrogens with zero attached hydrogens (tertiary/aromatic N) is 4. The van der Waals surface area contributed by atoms with Gasteiger partial charge in [-0.25, -0.2) is 22.7 Å². The molecule has 2 heterocycles. The molecule has 1 aromatic rings. The summed E-state index contributed by atoms with van der Waals surface area (Å²) in [6.07, 6.45) is 1.23. The van der Waals surface area contributed by atoms with Crippen molar-refractivity contribution in [1.29, 1.82) is 0 Å². The Balaban J connectivity index is 1.93. The van der Waals surface area contributed by atoms with E-state index < -0.39 is 10.0 Å². The minimum atomic E-state index is -3.09. The van der Waals surface area contributed by atoms with E-state index in [9.17, 15) is 8.42 Å². The molecule has 1 saturated heterocycles. The van der Waals surface area contributed by atoms with E-state index in [0.717, 1.165) is 30.4 Å². The highest BCUT2D eigenvalue weighted by molar-refractivity contribution is 7.88. The van der Waals surface area contributed by atoms with Crippen LogP contribution in [0, 0.1) is 19.8 Å². The van der Waals surface area contributed by atoms with Crippen LogP contribution in [0.2, 0.25) is 0 Å². The number of anilines is 1. The molecule has 7 heteroatoms. The second-order valence-electron chi connectivity index (χ2n) is 5.27. The van der Waals surface area contributed by atoms with Crippen molar-refractivity contribution in [3.63, 3.8) is 0 Å². The highest BCUT2D eigenvalue weighted by Gasteiger charge is 2.31. The molecule has 0 spiro atoms. The maximum absolute atomic E-state index is 11.3. The molecule has 1 aliphatic heterocycles. The third-order valence-corrected chi connectivity index (χ3v) is 4.57. The molecule has 0 unspecified atom stereocenters. The van der Waals surface area contributed by atoms with Crippen LogP contribution in [0.5, 0.6) is 0 Å². The van der Waals surface area contributed by atoms with E-state index in [0.29, 0.717) is 12.5 Å². The summed E-state index contributed by atoms with van der Waals surface area (Å²) < 4.78 is 24.1. The van der Waals surface area contributed by atoms with E-state index in [1.807, 2.05) is 19.9 Å². The summed E-state index contributed by atoms with van der Waals surface area (Å²) in [6.45, 7) is 6.07. The molecule has 0 saturated carbocycles. The minimum Gasteiger partial charge on any atom is -0.340 e. The topological polar surface area (TPSA) is 66.4 Å². The summed E-state index contributed by atoms with van der Waals surface area (Å²) in [5.41, 5.74) is 1.92. The monoisotopic (exact) mass is 284 g/mol. The van der Waals surface area contributed by atoms with Crippen LogP contribution in [0.3, 0.4) is 0 Å². The predicted molar refractivity (Wildman–Crippen MR) is 74.7 cm³/mol. The maximum atomic E-state index is 11.3. The highest BCUT2D eigenvalue weighted by Crippen LogP contribution is 2.22. The quantitative estimate of drug-likeness (QED) is 0.802. The first-order chi connectivity index (χ1) is 8.75. The molecule has 1 fully saturated rings. The van der Waals surface area contributed by atoms with Crippen molar-refractivity contribution in [2.24, 2.45) is 5.92 Å². The molecular weight excluding hydrogens is 264 g/mol. The normalized spacial score (nSPS) is 16.8. The molecular formula is C12H20N4O2S. The molecule has 0 aliphatic carbocycles. The Morgan fingerprint density at radius 3 is 2.32 bits per heavy atom. The molecule has 2 rings (SSSR count). The van der Waals surface area contributed by atoms with Gasteiger partial charge in [-0.05, 0) is 19.9 Å². The fourth-order valence-corrected chi connectivity index (χ4v) is 2.68. The number of hydrogen-bond acceptors (Lipinski definition) is 5. The van der Waals surface area contributed by atoms with Crippen molar-refractivity contribution in [3.05, 3.63) is 17.5 Å². The molecule has 0 bridgehead atoms. The van der Waals surface area contributed by atoms with Gasteiger partial charge in [0, 0.05) is 44.0 Å². The van der Waals surface area contributed by atoms with E-state index >= 15 is 0 Å². The first kappa shape index (κ1) is 14.2. The summed E-state index contributed by atoms with van der Waals surface area (Å²) in [5.74, 6) is 1.10. The zero-order valence-corrected chi connectivity index (χ0v) is 12.6. The van der Waals surface area contributed by atoms with Crippen LogP contribution >= 0.6 is 0 Å². The maximum Gasteiger partial charge on any atom is 0.225 e. The smallest absolute Gasteiger partial charge is 0.225 e. The van der Waals surface area contributed by atoms with Crippen molar-refractivity contribution < 1.29 is 8.42 Å². The Bertz CT molecular complexity index is 547. The highest BCUT2D eigenvalue weighted by atomic mass is 32.2. The molecule has 0 N–H and O–H groups in total. The van der Waals surface area contributed by atoms with Crippen LogP contribution in [-0.2, 0) is 10.0 Å².